The van der Waals surface area contributed by atoms with Gasteiger partial charge in [-0.05, 0) is 35.9 Å². The van der Waals surface area contributed by atoms with E-state index in [1.807, 2.05) is 6.07 Å². The minimum Gasteiger partial charge on any atom is -0.478 e. The zero-order valence-corrected chi connectivity index (χ0v) is 11.0. The molecular formula is C14H9FN2O2S. The number of nitriles is 1. The highest BCUT2D eigenvalue weighted by Gasteiger charge is 2.12. The summed E-state index contributed by atoms with van der Waals surface area (Å²) in [5, 5.41) is 18.3. The van der Waals surface area contributed by atoms with Crippen molar-refractivity contribution in [2.75, 3.05) is 0 Å². The van der Waals surface area contributed by atoms with E-state index < -0.39 is 11.8 Å². The second kappa shape index (κ2) is 6.17. The summed E-state index contributed by atoms with van der Waals surface area (Å²) in [5.41, 5.74) is 0.971. The van der Waals surface area contributed by atoms with Crippen LogP contribution in [0.5, 0.6) is 0 Å². The van der Waals surface area contributed by atoms with Crippen LogP contribution < -0.4 is 0 Å². The SMILES string of the molecule is N#Cc1ccc(F)cc1CSc1ncccc1C(=O)O. The molecule has 0 unspecified atom stereocenters. The van der Waals surface area contributed by atoms with E-state index in [1.54, 1.807) is 0 Å². The molecule has 0 atom stereocenters. The van der Waals surface area contributed by atoms with Gasteiger partial charge >= 0.3 is 5.97 Å². The van der Waals surface area contributed by atoms with Gasteiger partial charge in [0.2, 0.25) is 0 Å². The monoisotopic (exact) mass is 288 g/mol. The Morgan fingerprint density at radius 3 is 2.95 bits per heavy atom. The molecule has 2 rings (SSSR count). The van der Waals surface area contributed by atoms with Gasteiger partial charge in [0.05, 0.1) is 17.2 Å². The van der Waals surface area contributed by atoms with E-state index in [1.165, 1.54) is 36.5 Å². The van der Waals surface area contributed by atoms with Gasteiger partial charge in [-0.3, -0.25) is 0 Å². The van der Waals surface area contributed by atoms with E-state index in [0.29, 0.717) is 16.2 Å². The van der Waals surface area contributed by atoms with E-state index in [4.69, 9.17) is 10.4 Å². The van der Waals surface area contributed by atoms with Crippen LogP contribution in [-0.2, 0) is 5.75 Å². The van der Waals surface area contributed by atoms with Crippen molar-refractivity contribution in [3.63, 3.8) is 0 Å². The van der Waals surface area contributed by atoms with Crippen molar-refractivity contribution in [2.24, 2.45) is 0 Å². The number of thioether (sulfide) groups is 1. The van der Waals surface area contributed by atoms with Crippen molar-refractivity contribution in [3.05, 3.63) is 59.0 Å². The highest BCUT2D eigenvalue weighted by molar-refractivity contribution is 7.98. The van der Waals surface area contributed by atoms with Gasteiger partial charge in [0, 0.05) is 11.9 Å². The molecule has 1 aromatic heterocycles. The molecule has 0 aliphatic rings. The molecule has 0 radical (unpaired) electrons. The molecule has 2 aromatic rings. The number of hydrogen-bond acceptors (Lipinski definition) is 4. The normalized spacial score (nSPS) is 10.0. The Morgan fingerprint density at radius 2 is 2.25 bits per heavy atom. The third kappa shape index (κ3) is 3.13. The summed E-state index contributed by atoms with van der Waals surface area (Å²) in [5.74, 6) is -1.22. The first kappa shape index (κ1) is 14.0. The summed E-state index contributed by atoms with van der Waals surface area (Å²) in [4.78, 5) is 15.0. The molecule has 1 N–H and O–H groups in total. The smallest absolute Gasteiger partial charge is 0.338 e. The second-order valence-electron chi connectivity index (χ2n) is 3.86. The average Bonchev–Trinajstić information content (AvgIpc) is 2.45. The summed E-state index contributed by atoms with van der Waals surface area (Å²) in [6.45, 7) is 0. The lowest BCUT2D eigenvalue weighted by Crippen LogP contribution is -2.00. The fourth-order valence-electron chi connectivity index (χ4n) is 1.61. The molecule has 0 spiro atoms. The van der Waals surface area contributed by atoms with Crippen LogP contribution in [0.4, 0.5) is 4.39 Å². The number of aromatic carboxylic acids is 1. The van der Waals surface area contributed by atoms with Crippen LogP contribution in [0, 0.1) is 17.1 Å². The average molecular weight is 288 g/mol. The van der Waals surface area contributed by atoms with E-state index in [9.17, 15) is 9.18 Å². The number of rotatable bonds is 4. The van der Waals surface area contributed by atoms with E-state index in [0.717, 1.165) is 11.8 Å². The Balaban J connectivity index is 2.24. The van der Waals surface area contributed by atoms with Gasteiger partial charge in [0.15, 0.2) is 0 Å². The zero-order valence-electron chi connectivity index (χ0n) is 10.2. The van der Waals surface area contributed by atoms with E-state index >= 15 is 0 Å². The molecule has 0 amide bonds. The molecule has 0 fully saturated rings. The van der Waals surface area contributed by atoms with Gasteiger partial charge in [-0.1, -0.05) is 0 Å². The maximum Gasteiger partial charge on any atom is 0.338 e. The third-order valence-electron chi connectivity index (χ3n) is 2.55. The Morgan fingerprint density at radius 1 is 1.45 bits per heavy atom. The minimum atomic E-state index is -1.07. The molecule has 20 heavy (non-hydrogen) atoms. The minimum absolute atomic E-state index is 0.0902. The van der Waals surface area contributed by atoms with Gasteiger partial charge < -0.3 is 5.11 Å². The number of nitrogens with zero attached hydrogens (tertiary/aromatic N) is 2. The molecule has 0 aliphatic carbocycles. The van der Waals surface area contributed by atoms with Crippen LogP contribution in [0.15, 0.2) is 41.6 Å². The molecule has 6 heteroatoms. The molecule has 4 nitrogen and oxygen atoms in total. The van der Waals surface area contributed by atoms with Crippen LogP contribution in [-0.4, -0.2) is 16.1 Å². The Hall–Kier alpha value is -2.39. The van der Waals surface area contributed by atoms with Gasteiger partial charge in [0.25, 0.3) is 0 Å². The predicted molar refractivity (Wildman–Crippen MR) is 71.9 cm³/mol. The van der Waals surface area contributed by atoms with Gasteiger partial charge in [-0.2, -0.15) is 5.26 Å². The summed E-state index contributed by atoms with van der Waals surface area (Å²) in [6.07, 6.45) is 1.49. The fraction of sp³-hybridized carbons (Fsp3) is 0.0714. The number of benzene rings is 1. The van der Waals surface area contributed by atoms with Crippen molar-refractivity contribution in [2.45, 2.75) is 10.8 Å². The van der Waals surface area contributed by atoms with Crippen molar-refractivity contribution < 1.29 is 14.3 Å². The van der Waals surface area contributed by atoms with E-state index in [2.05, 4.69) is 4.98 Å². The number of pyridine rings is 1. The molecular weight excluding hydrogens is 279 g/mol. The quantitative estimate of drug-likeness (QED) is 0.875. The first-order valence-electron chi connectivity index (χ1n) is 5.61. The standard InChI is InChI=1S/C14H9FN2O2S/c15-11-4-3-9(7-16)10(6-11)8-20-13-12(14(18)19)2-1-5-17-13/h1-6H,8H2,(H,18,19). The number of hydrogen-bond donors (Lipinski definition) is 1. The highest BCUT2D eigenvalue weighted by atomic mass is 32.2. The molecule has 0 saturated heterocycles. The number of aromatic nitrogens is 1. The Bertz CT molecular complexity index is 698. The lowest BCUT2D eigenvalue weighted by molar-refractivity contribution is 0.0692. The molecule has 1 heterocycles. The molecule has 0 saturated carbocycles. The first-order chi connectivity index (χ1) is 9.61. The van der Waals surface area contributed by atoms with Crippen molar-refractivity contribution in [3.8, 4) is 6.07 Å². The fourth-order valence-corrected chi connectivity index (χ4v) is 2.58. The summed E-state index contributed by atoms with van der Waals surface area (Å²) in [7, 11) is 0. The van der Waals surface area contributed by atoms with Gasteiger partial charge in [-0.15, -0.1) is 11.8 Å². The predicted octanol–water partition coefficient (Wildman–Crippen LogP) is 3.08. The number of carbonyl (C=O) groups is 1. The van der Waals surface area contributed by atoms with Crippen LogP contribution in [0.1, 0.15) is 21.5 Å². The highest BCUT2D eigenvalue weighted by Crippen LogP contribution is 2.26. The second-order valence-corrected chi connectivity index (χ2v) is 4.83. The van der Waals surface area contributed by atoms with Crippen LogP contribution in [0.3, 0.4) is 0 Å². The lowest BCUT2D eigenvalue weighted by Gasteiger charge is -2.06. The zero-order chi connectivity index (χ0) is 14.5. The third-order valence-corrected chi connectivity index (χ3v) is 3.61. The number of carboxylic acids is 1. The number of halogens is 1. The molecule has 0 bridgehead atoms. The number of carboxylic acid groups (broad SMARTS) is 1. The van der Waals surface area contributed by atoms with E-state index in [-0.39, 0.29) is 11.3 Å². The molecule has 1 aromatic carbocycles. The molecule has 0 aliphatic heterocycles. The summed E-state index contributed by atoms with van der Waals surface area (Å²) in [6, 6.07) is 8.87. The summed E-state index contributed by atoms with van der Waals surface area (Å²) < 4.78 is 13.2. The van der Waals surface area contributed by atoms with Crippen molar-refractivity contribution in [1.29, 1.82) is 5.26 Å². The summed E-state index contributed by atoms with van der Waals surface area (Å²) >= 11 is 1.16. The maximum absolute atomic E-state index is 13.2. The first-order valence-corrected chi connectivity index (χ1v) is 6.60. The van der Waals surface area contributed by atoms with Crippen LogP contribution in [0.25, 0.3) is 0 Å². The Labute approximate surface area is 118 Å². The van der Waals surface area contributed by atoms with Crippen molar-refractivity contribution >= 4 is 17.7 Å². The Kier molecular flexibility index (Phi) is 4.33. The van der Waals surface area contributed by atoms with Gasteiger partial charge in [0.1, 0.15) is 10.8 Å². The van der Waals surface area contributed by atoms with Crippen LogP contribution >= 0.6 is 11.8 Å². The molecule has 100 valence electrons. The lowest BCUT2D eigenvalue weighted by atomic mass is 10.1. The largest absolute Gasteiger partial charge is 0.478 e. The van der Waals surface area contributed by atoms with Gasteiger partial charge in [-0.25, -0.2) is 14.2 Å². The van der Waals surface area contributed by atoms with Crippen LogP contribution in [0.2, 0.25) is 0 Å². The topological polar surface area (TPSA) is 74.0 Å². The maximum atomic E-state index is 13.2. The van der Waals surface area contributed by atoms with Crippen molar-refractivity contribution in [1.82, 2.24) is 4.98 Å².